The summed E-state index contributed by atoms with van der Waals surface area (Å²) in [4.78, 5) is 16.0. The number of carbonyl (C=O) groups excluding carboxylic acids is 1. The van der Waals surface area contributed by atoms with Gasteiger partial charge in [-0.25, -0.2) is 4.99 Å². The number of nitrogens with one attached hydrogen (secondary N) is 2. The zero-order chi connectivity index (χ0) is 10.7. The van der Waals surface area contributed by atoms with E-state index in [9.17, 15) is 4.79 Å². The number of piperidine rings is 1. The van der Waals surface area contributed by atoms with E-state index in [1.54, 1.807) is 11.8 Å². The Hall–Kier alpha value is -0.710. The molecule has 0 bridgehead atoms. The summed E-state index contributed by atoms with van der Waals surface area (Å²) in [6, 6.07) is 0.315. The number of rotatable bonds is 1. The second-order valence-corrected chi connectivity index (χ2v) is 5.15. The van der Waals surface area contributed by atoms with Gasteiger partial charge in [-0.2, -0.15) is 0 Å². The van der Waals surface area contributed by atoms with Gasteiger partial charge in [-0.3, -0.25) is 4.79 Å². The first-order chi connectivity index (χ1) is 7.25. The van der Waals surface area contributed by atoms with Crippen molar-refractivity contribution in [3.05, 3.63) is 0 Å². The topological polar surface area (TPSA) is 53.5 Å². The number of nitrogens with zero attached hydrogens (tertiary/aromatic N) is 1. The molecule has 2 aliphatic heterocycles. The molecule has 5 heteroatoms. The molecule has 0 radical (unpaired) electrons. The van der Waals surface area contributed by atoms with Gasteiger partial charge >= 0.3 is 0 Å². The number of hydrogen-bond donors (Lipinski definition) is 2. The molecule has 15 heavy (non-hydrogen) atoms. The Morgan fingerprint density at radius 3 is 3.07 bits per heavy atom. The molecule has 1 amide bonds. The number of thioether (sulfide) groups is 1. The summed E-state index contributed by atoms with van der Waals surface area (Å²) in [5, 5.41) is 7.11. The molecule has 84 valence electrons. The number of aliphatic imine (C=N–C) groups is 1. The lowest BCUT2D eigenvalue weighted by Crippen LogP contribution is -2.42. The molecule has 2 N–H and O–H groups in total. The SMILES string of the molecule is CC1CCSC(=NC2CCCNC2=O)N1. The fourth-order valence-corrected chi connectivity index (χ4v) is 2.90. The minimum absolute atomic E-state index is 0.0781. The molecule has 0 aromatic carbocycles. The van der Waals surface area contributed by atoms with Crippen molar-refractivity contribution in [2.75, 3.05) is 12.3 Å². The third-order valence-electron chi connectivity index (χ3n) is 2.69. The summed E-state index contributed by atoms with van der Waals surface area (Å²) in [7, 11) is 0. The Balaban J connectivity index is 1.98. The largest absolute Gasteiger partial charge is 0.362 e. The normalized spacial score (nSPS) is 34.7. The van der Waals surface area contributed by atoms with E-state index in [0.717, 1.165) is 30.3 Å². The van der Waals surface area contributed by atoms with Crippen molar-refractivity contribution in [1.29, 1.82) is 0 Å². The van der Waals surface area contributed by atoms with Crippen LogP contribution in [-0.4, -0.2) is 35.5 Å². The molecule has 2 fully saturated rings. The maximum atomic E-state index is 11.5. The molecule has 2 atom stereocenters. The molecule has 2 heterocycles. The predicted octanol–water partition coefficient (Wildman–Crippen LogP) is 0.736. The van der Waals surface area contributed by atoms with Gasteiger partial charge in [0.05, 0.1) is 0 Å². The summed E-state index contributed by atoms with van der Waals surface area (Å²) >= 11 is 1.72. The Morgan fingerprint density at radius 2 is 2.33 bits per heavy atom. The minimum Gasteiger partial charge on any atom is -0.362 e. The number of hydrogen-bond acceptors (Lipinski definition) is 3. The Kier molecular flexibility index (Phi) is 3.51. The standard InChI is InChI=1S/C10H17N3OS/c1-7-4-6-15-10(12-7)13-8-3-2-5-11-9(8)14/h7-8H,2-6H2,1H3,(H,11,14)(H,12,13). The van der Waals surface area contributed by atoms with Gasteiger partial charge in [-0.05, 0) is 26.2 Å². The molecule has 2 saturated heterocycles. The van der Waals surface area contributed by atoms with Crippen LogP contribution >= 0.6 is 11.8 Å². The van der Waals surface area contributed by atoms with E-state index in [4.69, 9.17) is 0 Å². The van der Waals surface area contributed by atoms with Gasteiger partial charge in [-0.1, -0.05) is 11.8 Å². The fourth-order valence-electron chi connectivity index (χ4n) is 1.75. The highest BCUT2D eigenvalue weighted by molar-refractivity contribution is 8.13. The monoisotopic (exact) mass is 227 g/mol. The zero-order valence-electron chi connectivity index (χ0n) is 8.95. The Labute approximate surface area is 94.3 Å². The second-order valence-electron chi connectivity index (χ2n) is 4.07. The van der Waals surface area contributed by atoms with Crippen LogP contribution in [0.15, 0.2) is 4.99 Å². The molecular formula is C10H17N3OS. The van der Waals surface area contributed by atoms with Crippen molar-refractivity contribution < 1.29 is 4.79 Å². The van der Waals surface area contributed by atoms with Crippen molar-refractivity contribution in [3.8, 4) is 0 Å². The highest BCUT2D eigenvalue weighted by atomic mass is 32.2. The summed E-state index contributed by atoms with van der Waals surface area (Å²) in [5.41, 5.74) is 0. The van der Waals surface area contributed by atoms with E-state index < -0.39 is 0 Å². The van der Waals surface area contributed by atoms with Crippen LogP contribution in [-0.2, 0) is 4.79 Å². The molecular weight excluding hydrogens is 210 g/mol. The maximum absolute atomic E-state index is 11.5. The lowest BCUT2D eigenvalue weighted by atomic mass is 10.1. The third-order valence-corrected chi connectivity index (χ3v) is 3.63. The summed E-state index contributed by atoms with van der Waals surface area (Å²) in [5.74, 6) is 1.18. The van der Waals surface area contributed by atoms with Gasteiger partial charge < -0.3 is 10.6 Å². The van der Waals surface area contributed by atoms with Crippen molar-refractivity contribution in [1.82, 2.24) is 10.6 Å². The smallest absolute Gasteiger partial charge is 0.244 e. The maximum Gasteiger partial charge on any atom is 0.244 e. The molecule has 0 saturated carbocycles. The van der Waals surface area contributed by atoms with Gasteiger partial charge in [0, 0.05) is 18.3 Å². The first kappa shape index (κ1) is 10.8. The van der Waals surface area contributed by atoms with Gasteiger partial charge in [0.25, 0.3) is 0 Å². The highest BCUT2D eigenvalue weighted by Crippen LogP contribution is 2.16. The van der Waals surface area contributed by atoms with Crippen LogP contribution in [0.2, 0.25) is 0 Å². The quantitative estimate of drug-likeness (QED) is 0.694. The van der Waals surface area contributed by atoms with E-state index in [2.05, 4.69) is 22.5 Å². The molecule has 2 rings (SSSR count). The van der Waals surface area contributed by atoms with Crippen molar-refractivity contribution in [3.63, 3.8) is 0 Å². The van der Waals surface area contributed by atoms with Crippen LogP contribution in [0.3, 0.4) is 0 Å². The Morgan fingerprint density at radius 1 is 1.47 bits per heavy atom. The van der Waals surface area contributed by atoms with Crippen LogP contribution in [0, 0.1) is 0 Å². The lowest BCUT2D eigenvalue weighted by Gasteiger charge is -2.24. The van der Waals surface area contributed by atoms with Crippen molar-refractivity contribution in [2.24, 2.45) is 4.99 Å². The molecule has 2 aliphatic rings. The summed E-state index contributed by atoms with van der Waals surface area (Å²) in [6.07, 6.45) is 3.08. The van der Waals surface area contributed by atoms with Gasteiger partial charge in [0.2, 0.25) is 5.91 Å². The van der Waals surface area contributed by atoms with Crippen LogP contribution in [0.1, 0.15) is 26.2 Å². The average molecular weight is 227 g/mol. The van der Waals surface area contributed by atoms with Gasteiger partial charge in [-0.15, -0.1) is 0 Å². The molecule has 2 unspecified atom stereocenters. The molecule has 0 aromatic heterocycles. The number of carbonyl (C=O) groups is 1. The van der Waals surface area contributed by atoms with E-state index in [-0.39, 0.29) is 11.9 Å². The predicted molar refractivity (Wildman–Crippen MR) is 63.1 cm³/mol. The minimum atomic E-state index is -0.168. The van der Waals surface area contributed by atoms with Crippen LogP contribution < -0.4 is 10.6 Å². The number of amidine groups is 1. The average Bonchev–Trinajstić information content (AvgIpc) is 2.22. The Bertz CT molecular complexity index is 280. The zero-order valence-corrected chi connectivity index (χ0v) is 9.77. The van der Waals surface area contributed by atoms with Crippen LogP contribution in [0.25, 0.3) is 0 Å². The van der Waals surface area contributed by atoms with E-state index in [0.29, 0.717) is 6.04 Å². The molecule has 0 aliphatic carbocycles. The molecule has 4 nitrogen and oxygen atoms in total. The molecule has 0 spiro atoms. The number of amides is 1. The van der Waals surface area contributed by atoms with Crippen LogP contribution in [0.4, 0.5) is 0 Å². The van der Waals surface area contributed by atoms with Gasteiger partial charge in [0.1, 0.15) is 6.04 Å². The van der Waals surface area contributed by atoms with E-state index in [1.807, 2.05) is 0 Å². The highest BCUT2D eigenvalue weighted by Gasteiger charge is 2.23. The first-order valence-electron chi connectivity index (χ1n) is 5.50. The van der Waals surface area contributed by atoms with Crippen molar-refractivity contribution >= 4 is 22.8 Å². The van der Waals surface area contributed by atoms with Gasteiger partial charge in [0.15, 0.2) is 5.17 Å². The summed E-state index contributed by atoms with van der Waals surface area (Å²) in [6.45, 7) is 2.95. The van der Waals surface area contributed by atoms with Crippen LogP contribution in [0.5, 0.6) is 0 Å². The van der Waals surface area contributed by atoms with E-state index in [1.165, 1.54) is 6.42 Å². The second kappa shape index (κ2) is 4.88. The third kappa shape index (κ3) is 2.87. The van der Waals surface area contributed by atoms with Crippen molar-refractivity contribution in [2.45, 2.75) is 38.3 Å². The fraction of sp³-hybridized carbons (Fsp3) is 0.800. The molecule has 0 aromatic rings. The lowest BCUT2D eigenvalue weighted by molar-refractivity contribution is -0.123. The van der Waals surface area contributed by atoms with E-state index >= 15 is 0 Å². The summed E-state index contributed by atoms with van der Waals surface area (Å²) < 4.78 is 0. The first-order valence-corrected chi connectivity index (χ1v) is 6.49.